The molecule has 0 spiro atoms. The first-order chi connectivity index (χ1) is 8.24. The van der Waals surface area contributed by atoms with Crippen molar-refractivity contribution in [1.82, 2.24) is 10.3 Å². The van der Waals surface area contributed by atoms with Gasteiger partial charge in [0, 0.05) is 30.0 Å². The van der Waals surface area contributed by atoms with E-state index in [0.717, 1.165) is 36.3 Å². The summed E-state index contributed by atoms with van der Waals surface area (Å²) < 4.78 is 26.0. The molecule has 5 heteroatoms. The van der Waals surface area contributed by atoms with Crippen molar-refractivity contribution in [3.8, 4) is 10.6 Å². The van der Waals surface area contributed by atoms with Gasteiger partial charge in [-0.3, -0.25) is 0 Å². The Hall–Kier alpha value is -1.33. The van der Waals surface area contributed by atoms with Crippen LogP contribution in [-0.2, 0) is 13.0 Å². The number of aromatic nitrogens is 1. The van der Waals surface area contributed by atoms with Crippen molar-refractivity contribution in [3.05, 3.63) is 40.4 Å². The Morgan fingerprint density at radius 2 is 2.12 bits per heavy atom. The fraction of sp³-hybridized carbons (Fsp3) is 0.250. The maximum atomic E-state index is 13.1. The lowest BCUT2D eigenvalue weighted by Crippen LogP contribution is -2.22. The molecule has 17 heavy (non-hydrogen) atoms. The number of thiazole rings is 1. The minimum Gasteiger partial charge on any atom is -0.311 e. The van der Waals surface area contributed by atoms with Gasteiger partial charge in [0.25, 0.3) is 0 Å². The third kappa shape index (κ3) is 1.96. The molecule has 0 bridgehead atoms. The highest BCUT2D eigenvalue weighted by atomic mass is 32.1. The van der Waals surface area contributed by atoms with E-state index < -0.39 is 11.6 Å². The Kier molecular flexibility index (Phi) is 2.64. The number of rotatable bonds is 1. The Bertz CT molecular complexity index is 542. The van der Waals surface area contributed by atoms with E-state index in [-0.39, 0.29) is 0 Å². The maximum absolute atomic E-state index is 13.1. The first-order valence-electron chi connectivity index (χ1n) is 5.39. The lowest BCUT2D eigenvalue weighted by atomic mass is 10.2. The smallest absolute Gasteiger partial charge is 0.159 e. The molecule has 88 valence electrons. The highest BCUT2D eigenvalue weighted by Crippen LogP contribution is 2.30. The van der Waals surface area contributed by atoms with E-state index in [9.17, 15) is 8.78 Å². The van der Waals surface area contributed by atoms with Gasteiger partial charge in [-0.15, -0.1) is 11.3 Å². The van der Waals surface area contributed by atoms with Crippen LogP contribution in [0.3, 0.4) is 0 Å². The quantitative estimate of drug-likeness (QED) is 0.844. The molecular weight excluding hydrogens is 242 g/mol. The van der Waals surface area contributed by atoms with E-state index >= 15 is 0 Å². The SMILES string of the molecule is Fc1ccc(-c2nc3c(s2)CNCC3)cc1F. The van der Waals surface area contributed by atoms with Gasteiger partial charge in [-0.2, -0.15) is 0 Å². The van der Waals surface area contributed by atoms with Crippen molar-refractivity contribution >= 4 is 11.3 Å². The maximum Gasteiger partial charge on any atom is 0.159 e. The Morgan fingerprint density at radius 3 is 2.88 bits per heavy atom. The largest absolute Gasteiger partial charge is 0.311 e. The van der Waals surface area contributed by atoms with Crippen LogP contribution in [-0.4, -0.2) is 11.5 Å². The molecule has 0 radical (unpaired) electrons. The molecule has 2 nitrogen and oxygen atoms in total. The summed E-state index contributed by atoms with van der Waals surface area (Å²) in [6.45, 7) is 1.74. The minimum absolute atomic E-state index is 0.642. The molecule has 3 rings (SSSR count). The molecule has 0 amide bonds. The molecule has 2 aromatic rings. The van der Waals surface area contributed by atoms with Crippen LogP contribution < -0.4 is 5.32 Å². The monoisotopic (exact) mass is 252 g/mol. The van der Waals surface area contributed by atoms with Crippen LogP contribution in [0.5, 0.6) is 0 Å². The summed E-state index contributed by atoms with van der Waals surface area (Å²) in [6, 6.07) is 3.91. The van der Waals surface area contributed by atoms with E-state index in [2.05, 4.69) is 10.3 Å². The van der Waals surface area contributed by atoms with Crippen molar-refractivity contribution in [1.29, 1.82) is 0 Å². The highest BCUT2D eigenvalue weighted by molar-refractivity contribution is 7.15. The number of hydrogen-bond donors (Lipinski definition) is 1. The van der Waals surface area contributed by atoms with E-state index in [4.69, 9.17) is 0 Å². The molecule has 1 aromatic heterocycles. The van der Waals surface area contributed by atoms with E-state index in [1.807, 2.05) is 0 Å². The third-order valence-corrected chi connectivity index (χ3v) is 3.92. The fourth-order valence-corrected chi connectivity index (χ4v) is 2.95. The predicted molar refractivity (Wildman–Crippen MR) is 62.9 cm³/mol. The highest BCUT2D eigenvalue weighted by Gasteiger charge is 2.16. The summed E-state index contributed by atoms with van der Waals surface area (Å²) >= 11 is 1.54. The van der Waals surface area contributed by atoms with Crippen LogP contribution in [0.15, 0.2) is 18.2 Å². The molecule has 0 aliphatic carbocycles. The van der Waals surface area contributed by atoms with Gasteiger partial charge in [0.2, 0.25) is 0 Å². The first-order valence-corrected chi connectivity index (χ1v) is 6.20. The normalized spacial score (nSPS) is 14.7. The standard InChI is InChI=1S/C12H10F2N2S/c13-8-2-1-7(5-9(8)14)12-16-10-3-4-15-6-11(10)17-12/h1-2,5,15H,3-4,6H2. The summed E-state index contributed by atoms with van der Waals surface area (Å²) in [7, 11) is 0. The van der Waals surface area contributed by atoms with Gasteiger partial charge in [-0.25, -0.2) is 13.8 Å². The Labute approximate surface area is 101 Å². The van der Waals surface area contributed by atoms with Crippen molar-refractivity contribution < 1.29 is 8.78 Å². The van der Waals surface area contributed by atoms with Crippen molar-refractivity contribution in [2.45, 2.75) is 13.0 Å². The lowest BCUT2D eigenvalue weighted by Gasteiger charge is -2.09. The molecule has 1 N–H and O–H groups in total. The molecule has 2 heterocycles. The van der Waals surface area contributed by atoms with E-state index in [0.29, 0.717) is 5.56 Å². The van der Waals surface area contributed by atoms with Crippen molar-refractivity contribution in [2.75, 3.05) is 6.54 Å². The summed E-state index contributed by atoms with van der Waals surface area (Å²) in [6.07, 6.45) is 0.898. The van der Waals surface area contributed by atoms with Gasteiger partial charge >= 0.3 is 0 Å². The fourth-order valence-electron chi connectivity index (χ4n) is 1.88. The number of hydrogen-bond acceptors (Lipinski definition) is 3. The molecule has 0 atom stereocenters. The Morgan fingerprint density at radius 1 is 1.24 bits per heavy atom. The second-order valence-corrected chi connectivity index (χ2v) is 5.03. The number of nitrogens with one attached hydrogen (secondary N) is 1. The molecule has 0 fully saturated rings. The topological polar surface area (TPSA) is 24.9 Å². The summed E-state index contributed by atoms with van der Waals surface area (Å²) in [4.78, 5) is 5.67. The molecule has 0 saturated carbocycles. The molecule has 0 unspecified atom stereocenters. The van der Waals surface area contributed by atoms with Gasteiger partial charge < -0.3 is 5.32 Å². The van der Waals surface area contributed by atoms with Crippen LogP contribution in [0.1, 0.15) is 10.6 Å². The van der Waals surface area contributed by atoms with Crippen LogP contribution in [0, 0.1) is 11.6 Å². The van der Waals surface area contributed by atoms with Gasteiger partial charge in [0.15, 0.2) is 11.6 Å². The van der Waals surface area contributed by atoms with Crippen molar-refractivity contribution in [2.24, 2.45) is 0 Å². The third-order valence-electron chi connectivity index (χ3n) is 2.77. The number of fused-ring (bicyclic) bond motifs is 1. The van der Waals surface area contributed by atoms with Gasteiger partial charge in [0.05, 0.1) is 5.69 Å². The first kappa shape index (κ1) is 10.8. The van der Waals surface area contributed by atoms with E-state index in [1.54, 1.807) is 17.4 Å². The van der Waals surface area contributed by atoms with Gasteiger partial charge in [0.1, 0.15) is 5.01 Å². The van der Waals surface area contributed by atoms with Crippen LogP contribution >= 0.6 is 11.3 Å². The molecular formula is C12H10F2N2S. The molecule has 0 saturated heterocycles. The molecule has 1 aliphatic heterocycles. The van der Waals surface area contributed by atoms with Crippen molar-refractivity contribution in [3.63, 3.8) is 0 Å². The summed E-state index contributed by atoms with van der Waals surface area (Å²) in [5.74, 6) is -1.65. The second-order valence-electron chi connectivity index (χ2n) is 3.94. The van der Waals surface area contributed by atoms with Gasteiger partial charge in [-0.1, -0.05) is 0 Å². The van der Waals surface area contributed by atoms with Crippen LogP contribution in [0.4, 0.5) is 8.78 Å². The van der Waals surface area contributed by atoms with Crippen LogP contribution in [0.25, 0.3) is 10.6 Å². The zero-order valence-electron chi connectivity index (χ0n) is 8.96. The average molecular weight is 252 g/mol. The zero-order valence-corrected chi connectivity index (χ0v) is 9.78. The number of halogens is 2. The zero-order chi connectivity index (χ0) is 11.8. The average Bonchev–Trinajstić information content (AvgIpc) is 2.76. The summed E-state index contributed by atoms with van der Waals surface area (Å²) in [5.41, 5.74) is 1.72. The minimum atomic E-state index is -0.825. The Balaban J connectivity index is 2.03. The molecule has 1 aromatic carbocycles. The predicted octanol–water partition coefficient (Wildman–Crippen LogP) is 2.73. The molecule has 1 aliphatic rings. The second kappa shape index (κ2) is 4.16. The number of benzene rings is 1. The number of nitrogens with zero attached hydrogens (tertiary/aromatic N) is 1. The summed E-state index contributed by atoms with van der Waals surface area (Å²) in [5, 5.41) is 4.02. The lowest BCUT2D eigenvalue weighted by molar-refractivity contribution is 0.509. The van der Waals surface area contributed by atoms with Gasteiger partial charge in [-0.05, 0) is 18.2 Å². The van der Waals surface area contributed by atoms with E-state index in [1.165, 1.54) is 10.9 Å². The van der Waals surface area contributed by atoms with Crippen LogP contribution in [0.2, 0.25) is 0 Å².